The molecule has 0 bridgehead atoms. The molecule has 3 heteroatoms. The first-order chi connectivity index (χ1) is 9.22. The van der Waals surface area contributed by atoms with E-state index < -0.39 is 0 Å². The lowest BCUT2D eigenvalue weighted by molar-refractivity contribution is 0.688. The van der Waals surface area contributed by atoms with Gasteiger partial charge < -0.3 is 5.32 Å². The molecule has 1 aliphatic carbocycles. The van der Waals surface area contributed by atoms with Crippen molar-refractivity contribution in [1.29, 1.82) is 0 Å². The first kappa shape index (κ1) is 12.6. The Bertz CT molecular complexity index is 574. The zero-order valence-corrected chi connectivity index (χ0v) is 11.7. The number of nitrogens with zero attached hydrogens (tertiary/aromatic N) is 1. The van der Waals surface area contributed by atoms with Crippen LogP contribution in [0.4, 0.5) is 0 Å². The molecule has 1 fully saturated rings. The van der Waals surface area contributed by atoms with E-state index in [2.05, 4.69) is 28.5 Å². The van der Waals surface area contributed by atoms with Crippen LogP contribution in [0.1, 0.15) is 24.1 Å². The number of aromatic nitrogens is 1. The van der Waals surface area contributed by atoms with Gasteiger partial charge in [-0.1, -0.05) is 29.8 Å². The predicted octanol–water partition coefficient (Wildman–Crippen LogP) is 3.96. The summed E-state index contributed by atoms with van der Waals surface area (Å²) in [5.41, 5.74) is 4.37. The van der Waals surface area contributed by atoms with Gasteiger partial charge in [-0.25, -0.2) is 0 Å². The second-order valence-corrected chi connectivity index (χ2v) is 5.56. The van der Waals surface area contributed by atoms with Crippen LogP contribution in [-0.4, -0.2) is 11.0 Å². The van der Waals surface area contributed by atoms with E-state index in [1.165, 1.54) is 18.4 Å². The third-order valence-corrected chi connectivity index (χ3v) is 3.74. The summed E-state index contributed by atoms with van der Waals surface area (Å²) < 4.78 is 0. The van der Waals surface area contributed by atoms with Crippen molar-refractivity contribution in [2.45, 2.75) is 32.4 Å². The van der Waals surface area contributed by atoms with Crippen LogP contribution in [0.3, 0.4) is 0 Å². The van der Waals surface area contributed by atoms with Crippen LogP contribution in [0.25, 0.3) is 11.1 Å². The van der Waals surface area contributed by atoms with Gasteiger partial charge in [-0.15, -0.1) is 0 Å². The molecule has 1 aromatic carbocycles. The van der Waals surface area contributed by atoms with E-state index in [0.29, 0.717) is 0 Å². The van der Waals surface area contributed by atoms with Crippen molar-refractivity contribution in [2.24, 2.45) is 0 Å². The Morgan fingerprint density at radius 2 is 2.11 bits per heavy atom. The van der Waals surface area contributed by atoms with E-state index in [4.69, 9.17) is 11.6 Å². The first-order valence-corrected chi connectivity index (χ1v) is 7.05. The van der Waals surface area contributed by atoms with Gasteiger partial charge in [0.15, 0.2) is 0 Å². The second-order valence-electron chi connectivity index (χ2n) is 5.16. The van der Waals surface area contributed by atoms with Crippen LogP contribution in [0.5, 0.6) is 0 Å². The lowest BCUT2D eigenvalue weighted by Gasteiger charge is -2.08. The molecule has 2 nitrogen and oxygen atoms in total. The highest BCUT2D eigenvalue weighted by Crippen LogP contribution is 2.28. The summed E-state index contributed by atoms with van der Waals surface area (Å²) in [5.74, 6) is 0. The topological polar surface area (TPSA) is 24.9 Å². The van der Waals surface area contributed by atoms with Crippen LogP contribution in [-0.2, 0) is 6.54 Å². The van der Waals surface area contributed by atoms with Gasteiger partial charge in [0.25, 0.3) is 0 Å². The highest BCUT2D eigenvalue weighted by atomic mass is 35.5. The molecule has 0 radical (unpaired) electrons. The summed E-state index contributed by atoms with van der Waals surface area (Å²) in [5, 5.41) is 4.29. The van der Waals surface area contributed by atoms with E-state index in [9.17, 15) is 0 Å². The summed E-state index contributed by atoms with van der Waals surface area (Å²) in [6.07, 6.45) is 4.49. The fraction of sp³-hybridized carbons (Fsp3) is 0.312. The molecule has 1 aromatic heterocycles. The van der Waals surface area contributed by atoms with E-state index >= 15 is 0 Å². The fourth-order valence-electron chi connectivity index (χ4n) is 2.08. The Morgan fingerprint density at radius 1 is 1.26 bits per heavy atom. The van der Waals surface area contributed by atoms with Gasteiger partial charge in [-0.3, -0.25) is 4.98 Å². The molecule has 1 saturated carbocycles. The minimum absolute atomic E-state index is 0.722. The summed E-state index contributed by atoms with van der Waals surface area (Å²) in [4.78, 5) is 4.32. The van der Waals surface area contributed by atoms with E-state index in [1.54, 1.807) is 0 Å². The van der Waals surface area contributed by atoms with Crippen molar-refractivity contribution in [1.82, 2.24) is 10.3 Å². The van der Waals surface area contributed by atoms with Crippen molar-refractivity contribution in [3.8, 4) is 11.1 Å². The van der Waals surface area contributed by atoms with E-state index in [0.717, 1.165) is 34.4 Å². The Labute approximate surface area is 118 Å². The number of benzene rings is 1. The van der Waals surface area contributed by atoms with Gasteiger partial charge in [0.05, 0.1) is 0 Å². The minimum atomic E-state index is 0.722. The maximum atomic E-state index is 6.38. The molecular formula is C16H17ClN2. The summed E-state index contributed by atoms with van der Waals surface area (Å²) in [6.45, 7) is 2.88. The van der Waals surface area contributed by atoms with Crippen molar-refractivity contribution in [3.05, 3.63) is 52.8 Å². The number of pyridine rings is 1. The average molecular weight is 273 g/mol. The quantitative estimate of drug-likeness (QED) is 0.911. The largest absolute Gasteiger partial charge is 0.310 e. The lowest BCUT2D eigenvalue weighted by Crippen LogP contribution is -2.15. The third kappa shape index (κ3) is 3.14. The van der Waals surface area contributed by atoms with Crippen LogP contribution < -0.4 is 5.32 Å². The van der Waals surface area contributed by atoms with Gasteiger partial charge in [-0.05, 0) is 37.5 Å². The van der Waals surface area contributed by atoms with Gasteiger partial charge in [-0.2, -0.15) is 0 Å². The molecule has 1 aliphatic rings. The molecule has 3 rings (SSSR count). The smallest absolute Gasteiger partial charge is 0.0488 e. The first-order valence-electron chi connectivity index (χ1n) is 6.67. The Hall–Kier alpha value is -1.38. The van der Waals surface area contributed by atoms with Crippen LogP contribution in [0, 0.1) is 6.92 Å². The summed E-state index contributed by atoms with van der Waals surface area (Å²) in [6, 6.07) is 11.1. The van der Waals surface area contributed by atoms with Crippen molar-refractivity contribution in [2.75, 3.05) is 0 Å². The van der Waals surface area contributed by atoms with Crippen LogP contribution in [0.15, 0.2) is 36.5 Å². The number of hydrogen-bond acceptors (Lipinski definition) is 2. The van der Waals surface area contributed by atoms with Crippen molar-refractivity contribution >= 4 is 11.6 Å². The number of aryl methyl sites for hydroxylation is 1. The zero-order valence-electron chi connectivity index (χ0n) is 11.0. The molecule has 0 saturated heterocycles. The molecule has 2 aromatic rings. The molecule has 0 aliphatic heterocycles. The maximum Gasteiger partial charge on any atom is 0.0488 e. The van der Waals surface area contributed by atoms with E-state index in [-0.39, 0.29) is 0 Å². The Kier molecular flexibility index (Phi) is 3.54. The Balaban J connectivity index is 1.80. The molecule has 0 spiro atoms. The molecule has 1 heterocycles. The normalized spacial score (nSPS) is 14.6. The molecule has 0 unspecified atom stereocenters. The highest BCUT2D eigenvalue weighted by Gasteiger charge is 2.20. The number of rotatable bonds is 4. The minimum Gasteiger partial charge on any atom is -0.310 e. The predicted molar refractivity (Wildman–Crippen MR) is 79.3 cm³/mol. The van der Waals surface area contributed by atoms with Crippen molar-refractivity contribution in [3.63, 3.8) is 0 Å². The van der Waals surface area contributed by atoms with Gasteiger partial charge in [0, 0.05) is 40.6 Å². The SMILES string of the molecule is Cc1ccc(-c2ccc(CNC3CC3)cc2Cl)cn1. The van der Waals surface area contributed by atoms with Crippen molar-refractivity contribution < 1.29 is 0 Å². The number of nitrogens with one attached hydrogen (secondary N) is 1. The zero-order chi connectivity index (χ0) is 13.2. The Morgan fingerprint density at radius 3 is 2.74 bits per heavy atom. The van der Waals surface area contributed by atoms with Gasteiger partial charge in [0.2, 0.25) is 0 Å². The molecule has 0 atom stereocenters. The molecular weight excluding hydrogens is 256 g/mol. The standard InChI is InChI=1S/C16H17ClN2/c1-11-2-4-13(10-18-11)15-7-3-12(8-16(15)17)9-19-14-5-6-14/h2-4,7-8,10,14,19H,5-6,9H2,1H3. The fourth-order valence-corrected chi connectivity index (χ4v) is 2.39. The maximum absolute atomic E-state index is 6.38. The molecule has 0 amide bonds. The average Bonchev–Trinajstić information content (AvgIpc) is 3.22. The highest BCUT2D eigenvalue weighted by molar-refractivity contribution is 6.33. The summed E-state index contributed by atoms with van der Waals surface area (Å²) in [7, 11) is 0. The van der Waals surface area contributed by atoms with E-state index in [1.807, 2.05) is 25.3 Å². The monoisotopic (exact) mass is 272 g/mol. The van der Waals surface area contributed by atoms with Gasteiger partial charge in [0.1, 0.15) is 0 Å². The number of halogens is 1. The second kappa shape index (κ2) is 5.32. The molecule has 98 valence electrons. The third-order valence-electron chi connectivity index (χ3n) is 3.43. The molecule has 1 N–H and O–H groups in total. The van der Waals surface area contributed by atoms with Crippen LogP contribution in [0.2, 0.25) is 5.02 Å². The number of hydrogen-bond donors (Lipinski definition) is 1. The lowest BCUT2D eigenvalue weighted by atomic mass is 10.1. The molecule has 19 heavy (non-hydrogen) atoms. The van der Waals surface area contributed by atoms with Crippen LogP contribution >= 0.6 is 11.6 Å². The van der Waals surface area contributed by atoms with Gasteiger partial charge >= 0.3 is 0 Å². The summed E-state index contributed by atoms with van der Waals surface area (Å²) >= 11 is 6.38.